The van der Waals surface area contributed by atoms with Crippen molar-refractivity contribution in [3.63, 3.8) is 0 Å². The van der Waals surface area contributed by atoms with E-state index < -0.39 is 14.0 Å². The van der Waals surface area contributed by atoms with Crippen LogP contribution in [0.1, 0.15) is 85.0 Å². The summed E-state index contributed by atoms with van der Waals surface area (Å²) in [6.07, 6.45) is 11.6. The van der Waals surface area contributed by atoms with Gasteiger partial charge in [0.2, 0.25) is 0 Å². The zero-order valence-electron chi connectivity index (χ0n) is 13.4. The lowest BCUT2D eigenvalue weighted by molar-refractivity contribution is 0.140. The zero-order valence-corrected chi connectivity index (χ0v) is 14.3. The van der Waals surface area contributed by atoms with E-state index in [9.17, 15) is 8.76 Å². The molecule has 0 aliphatic heterocycles. The molecule has 0 saturated heterocycles. The molecule has 0 aromatic rings. The van der Waals surface area contributed by atoms with E-state index in [-0.39, 0.29) is 6.61 Å². The number of hydrogen-bond donors (Lipinski definition) is 0. The Morgan fingerprint density at radius 3 is 1.80 bits per heavy atom. The fraction of sp³-hybridized carbons (Fsp3) is 1.00. The molecule has 1 unspecified atom stereocenters. The van der Waals surface area contributed by atoms with Gasteiger partial charge in [-0.15, -0.1) is 4.20 Å². The minimum atomic E-state index is -4.33. The number of unbranched alkanes of at least 4 members (excludes halogenated alkanes) is 9. The zero-order chi connectivity index (χ0) is 15.3. The first kappa shape index (κ1) is 20.1. The summed E-state index contributed by atoms with van der Waals surface area (Å²) in [5.41, 5.74) is 0. The highest BCUT2D eigenvalue weighted by atomic mass is 31.2. The lowest BCUT2D eigenvalue weighted by Crippen LogP contribution is -2.01. The SMILES string of the molecule is CCCCCCCCCCCCOP(=O)(F)OC(C)C. The summed E-state index contributed by atoms with van der Waals surface area (Å²) in [4.78, 5) is 0. The van der Waals surface area contributed by atoms with Gasteiger partial charge in [0.05, 0.1) is 12.7 Å². The maximum atomic E-state index is 13.2. The van der Waals surface area contributed by atoms with Gasteiger partial charge in [0, 0.05) is 0 Å². The molecule has 1 atom stereocenters. The van der Waals surface area contributed by atoms with Crippen molar-refractivity contribution in [2.45, 2.75) is 91.1 Å². The quantitative estimate of drug-likeness (QED) is 0.274. The third-order valence-electron chi connectivity index (χ3n) is 3.08. The molecular formula is C15H32FO3P. The first-order valence-electron chi connectivity index (χ1n) is 8.10. The summed E-state index contributed by atoms with van der Waals surface area (Å²) < 4.78 is 33.7. The Morgan fingerprint density at radius 1 is 0.900 bits per heavy atom. The van der Waals surface area contributed by atoms with Crippen LogP contribution >= 0.6 is 7.91 Å². The van der Waals surface area contributed by atoms with Crippen molar-refractivity contribution in [3.05, 3.63) is 0 Å². The summed E-state index contributed by atoms with van der Waals surface area (Å²) in [5.74, 6) is 0. The maximum absolute atomic E-state index is 13.2. The summed E-state index contributed by atoms with van der Waals surface area (Å²) >= 11 is 0. The molecule has 0 heterocycles. The number of rotatable bonds is 14. The highest BCUT2D eigenvalue weighted by Gasteiger charge is 2.24. The Balaban J connectivity index is 3.26. The summed E-state index contributed by atoms with van der Waals surface area (Å²) in [7, 11) is -4.33. The van der Waals surface area contributed by atoms with Crippen LogP contribution in [0.25, 0.3) is 0 Å². The van der Waals surface area contributed by atoms with Gasteiger partial charge >= 0.3 is 7.91 Å². The second-order valence-corrected chi connectivity index (χ2v) is 6.93. The van der Waals surface area contributed by atoms with Gasteiger partial charge in [-0.05, 0) is 20.3 Å². The Labute approximate surface area is 124 Å². The lowest BCUT2D eigenvalue weighted by Gasteiger charge is -2.12. The molecule has 122 valence electrons. The van der Waals surface area contributed by atoms with Gasteiger partial charge in [-0.3, -0.25) is 9.05 Å². The molecule has 0 aromatic heterocycles. The molecule has 0 aromatic carbocycles. The van der Waals surface area contributed by atoms with E-state index in [1.165, 1.54) is 44.9 Å². The van der Waals surface area contributed by atoms with E-state index in [0.717, 1.165) is 19.3 Å². The molecule has 0 radical (unpaired) electrons. The average Bonchev–Trinajstić information content (AvgIpc) is 2.34. The molecule has 0 aliphatic carbocycles. The van der Waals surface area contributed by atoms with Crippen LogP contribution in [0.3, 0.4) is 0 Å². The topological polar surface area (TPSA) is 35.5 Å². The van der Waals surface area contributed by atoms with E-state index in [2.05, 4.69) is 16.0 Å². The van der Waals surface area contributed by atoms with Crippen LogP contribution in [-0.4, -0.2) is 12.7 Å². The van der Waals surface area contributed by atoms with Crippen molar-refractivity contribution in [1.82, 2.24) is 0 Å². The molecule has 3 nitrogen and oxygen atoms in total. The van der Waals surface area contributed by atoms with E-state index in [0.29, 0.717) is 0 Å². The van der Waals surface area contributed by atoms with Gasteiger partial charge in [0.15, 0.2) is 0 Å². The van der Waals surface area contributed by atoms with Crippen LogP contribution in [0.4, 0.5) is 4.20 Å². The van der Waals surface area contributed by atoms with Crippen molar-refractivity contribution in [1.29, 1.82) is 0 Å². The molecule has 0 saturated carbocycles. The third-order valence-corrected chi connectivity index (χ3v) is 4.24. The molecule has 0 fully saturated rings. The van der Waals surface area contributed by atoms with E-state index in [1.54, 1.807) is 13.8 Å². The van der Waals surface area contributed by atoms with E-state index in [4.69, 9.17) is 0 Å². The second kappa shape index (κ2) is 12.8. The number of hydrogen-bond acceptors (Lipinski definition) is 3. The van der Waals surface area contributed by atoms with Crippen molar-refractivity contribution in [3.8, 4) is 0 Å². The molecule has 0 aliphatic rings. The molecule has 0 N–H and O–H groups in total. The molecular weight excluding hydrogens is 278 g/mol. The Morgan fingerprint density at radius 2 is 1.35 bits per heavy atom. The molecule has 5 heteroatoms. The van der Waals surface area contributed by atoms with Crippen molar-refractivity contribution < 1.29 is 17.8 Å². The summed E-state index contributed by atoms with van der Waals surface area (Å²) in [6.45, 7) is 5.67. The smallest absolute Gasteiger partial charge is 0.284 e. The predicted molar refractivity (Wildman–Crippen MR) is 82.7 cm³/mol. The van der Waals surface area contributed by atoms with Crippen LogP contribution in [0.5, 0.6) is 0 Å². The first-order valence-corrected chi connectivity index (χ1v) is 9.54. The van der Waals surface area contributed by atoms with Crippen LogP contribution in [0, 0.1) is 0 Å². The van der Waals surface area contributed by atoms with Crippen molar-refractivity contribution in [2.24, 2.45) is 0 Å². The summed E-state index contributed by atoms with van der Waals surface area (Å²) in [6, 6.07) is 0. The third kappa shape index (κ3) is 14.5. The first-order chi connectivity index (χ1) is 9.48. The predicted octanol–water partition coefficient (Wildman–Crippen LogP) is 6.43. The van der Waals surface area contributed by atoms with Crippen LogP contribution in [0.15, 0.2) is 0 Å². The van der Waals surface area contributed by atoms with Gasteiger partial charge in [-0.25, -0.2) is 4.57 Å². The Kier molecular flexibility index (Phi) is 12.8. The molecule has 0 amide bonds. The largest absolute Gasteiger partial charge is 0.513 e. The highest BCUT2D eigenvalue weighted by Crippen LogP contribution is 2.50. The fourth-order valence-corrected chi connectivity index (χ4v) is 2.96. The van der Waals surface area contributed by atoms with E-state index >= 15 is 0 Å². The van der Waals surface area contributed by atoms with Crippen LogP contribution in [0.2, 0.25) is 0 Å². The van der Waals surface area contributed by atoms with Crippen LogP contribution in [-0.2, 0) is 13.6 Å². The molecule has 0 bridgehead atoms. The Hall–Kier alpha value is 0.0800. The monoisotopic (exact) mass is 310 g/mol. The standard InChI is InChI=1S/C15H32FO3P/c1-4-5-6-7-8-9-10-11-12-13-14-18-20(16,17)19-15(2)3/h15H,4-14H2,1-3H3. The minimum absolute atomic E-state index is 0.178. The van der Waals surface area contributed by atoms with Crippen molar-refractivity contribution in [2.75, 3.05) is 6.61 Å². The highest BCUT2D eigenvalue weighted by molar-refractivity contribution is 7.48. The minimum Gasteiger partial charge on any atom is -0.284 e. The van der Waals surface area contributed by atoms with Gasteiger partial charge in [-0.2, -0.15) is 0 Å². The van der Waals surface area contributed by atoms with E-state index in [1.807, 2.05) is 0 Å². The van der Waals surface area contributed by atoms with Gasteiger partial charge in [0.25, 0.3) is 0 Å². The molecule has 0 rings (SSSR count). The second-order valence-electron chi connectivity index (χ2n) is 5.60. The average molecular weight is 310 g/mol. The molecule has 20 heavy (non-hydrogen) atoms. The normalized spacial score (nSPS) is 14.7. The number of halogens is 1. The van der Waals surface area contributed by atoms with Crippen LogP contribution < -0.4 is 0 Å². The van der Waals surface area contributed by atoms with Crippen molar-refractivity contribution >= 4 is 7.91 Å². The Bertz CT molecular complexity index is 260. The van der Waals surface area contributed by atoms with Gasteiger partial charge in [0.1, 0.15) is 0 Å². The van der Waals surface area contributed by atoms with Gasteiger partial charge < -0.3 is 0 Å². The maximum Gasteiger partial charge on any atom is 0.513 e. The fourth-order valence-electron chi connectivity index (χ4n) is 2.05. The summed E-state index contributed by atoms with van der Waals surface area (Å²) in [5, 5.41) is 0. The lowest BCUT2D eigenvalue weighted by atomic mass is 10.1. The molecule has 0 spiro atoms. The van der Waals surface area contributed by atoms with Gasteiger partial charge in [-0.1, -0.05) is 64.7 Å².